The third-order valence-electron chi connectivity index (χ3n) is 9.47. The lowest BCUT2D eigenvalue weighted by atomic mass is 9.97. The lowest BCUT2D eigenvalue weighted by Gasteiger charge is -2.43. The molecule has 1 atom stereocenters. The lowest BCUT2D eigenvalue weighted by Crippen LogP contribution is -2.39. The smallest absolute Gasteiger partial charge is 0.467 e. The summed E-state index contributed by atoms with van der Waals surface area (Å²) in [7, 11) is -2.30. The first-order valence-electron chi connectivity index (χ1n) is 17.6. The molecule has 1 heterocycles. The number of phosphoric ester groups is 1. The highest BCUT2D eigenvalue weighted by molar-refractivity contribution is 7.48. The summed E-state index contributed by atoms with van der Waals surface area (Å²) in [5.41, 5.74) is 3.46. The van der Waals surface area contributed by atoms with E-state index in [1.807, 2.05) is 79.5 Å². The van der Waals surface area contributed by atoms with Crippen molar-refractivity contribution in [1.82, 2.24) is 10.2 Å². The molecule has 0 unspecified atom stereocenters. The topological polar surface area (TPSA) is 89.6 Å². The molecule has 294 valence electrons. The summed E-state index contributed by atoms with van der Waals surface area (Å²) in [4.78, 5) is 16.9. The van der Waals surface area contributed by atoms with Crippen molar-refractivity contribution in [1.29, 1.82) is 0 Å². The van der Waals surface area contributed by atoms with Gasteiger partial charge in [-0.15, -0.1) is 0 Å². The van der Waals surface area contributed by atoms with Crippen LogP contribution in [0.2, 0.25) is 0 Å². The molecular weight excluding hydrogens is 749 g/mol. The molecule has 0 saturated carbocycles. The molecule has 0 saturated heterocycles. The number of carbonyl (C=O) groups is 1. The first-order valence-corrected chi connectivity index (χ1v) is 19.1. The van der Waals surface area contributed by atoms with Crippen molar-refractivity contribution in [3.8, 4) is 5.75 Å². The summed E-state index contributed by atoms with van der Waals surface area (Å²) in [5, 5.41) is 2.49. The number of hydrogen-bond acceptors (Lipinski definition) is 8. The predicted octanol–water partition coefficient (Wildman–Crippen LogP) is 10.1. The highest BCUT2D eigenvalue weighted by atomic mass is 31.2. The summed E-state index contributed by atoms with van der Waals surface area (Å²) in [5.74, 6) is -3.88. The van der Waals surface area contributed by atoms with Gasteiger partial charge in [-0.25, -0.2) is 26.7 Å². The second-order valence-electron chi connectivity index (χ2n) is 13.2. The average Bonchev–Trinajstić information content (AvgIpc) is 3.18. The minimum atomic E-state index is -4.15. The van der Waals surface area contributed by atoms with Crippen LogP contribution in [0.15, 0.2) is 116 Å². The molecule has 1 aliphatic heterocycles. The number of ether oxygens (including phenoxy) is 1. The quantitative estimate of drug-likeness (QED) is 0.0637. The molecule has 5 aromatic carbocycles. The van der Waals surface area contributed by atoms with Crippen LogP contribution in [0.25, 0.3) is 0 Å². The van der Waals surface area contributed by atoms with E-state index >= 15 is 4.39 Å². The van der Waals surface area contributed by atoms with Crippen molar-refractivity contribution in [2.45, 2.75) is 46.2 Å². The maximum atomic E-state index is 15.9. The van der Waals surface area contributed by atoms with Gasteiger partial charge < -0.3 is 19.9 Å². The maximum absolute atomic E-state index is 15.9. The Kier molecular flexibility index (Phi) is 12.6. The number of nitrogens with zero attached hydrogens (tertiary/aromatic N) is 2. The Bertz CT molecular complexity index is 2180. The zero-order valence-corrected chi connectivity index (χ0v) is 31.8. The molecule has 1 amide bonds. The molecule has 5 aromatic rings. The molecule has 1 N–H and O–H groups in total. The molecule has 0 radical (unpaired) electrons. The number of halogens is 4. The second-order valence-corrected chi connectivity index (χ2v) is 14.8. The normalized spacial score (nSPS) is 14.1. The first-order chi connectivity index (χ1) is 26.8. The van der Waals surface area contributed by atoms with Gasteiger partial charge in [-0.1, -0.05) is 73.3 Å². The van der Waals surface area contributed by atoms with Gasteiger partial charge in [0.15, 0.2) is 6.79 Å². The van der Waals surface area contributed by atoms with Crippen LogP contribution in [-0.4, -0.2) is 24.6 Å². The molecule has 14 heteroatoms. The van der Waals surface area contributed by atoms with Gasteiger partial charge in [-0.2, -0.15) is 0 Å². The second kappa shape index (κ2) is 17.6. The Labute approximate surface area is 324 Å². The highest BCUT2D eigenvalue weighted by Gasteiger charge is 2.32. The Balaban J connectivity index is 0.00000620. The van der Waals surface area contributed by atoms with Crippen LogP contribution in [0.3, 0.4) is 0 Å². The van der Waals surface area contributed by atoms with Gasteiger partial charge in [0, 0.05) is 55.6 Å². The fourth-order valence-corrected chi connectivity index (χ4v) is 7.15. The third-order valence-corrected chi connectivity index (χ3v) is 10.8. The van der Waals surface area contributed by atoms with E-state index in [1.165, 1.54) is 6.07 Å². The number of fused-ring (bicyclic) bond motifs is 1. The minimum absolute atomic E-state index is 0. The monoisotopic (exact) mass is 791 g/mol. The van der Waals surface area contributed by atoms with Crippen LogP contribution in [0.1, 0.15) is 58.1 Å². The fourth-order valence-electron chi connectivity index (χ4n) is 6.13. The minimum Gasteiger partial charge on any atom is -0.467 e. The molecule has 0 aliphatic carbocycles. The van der Waals surface area contributed by atoms with Crippen LogP contribution in [0.5, 0.6) is 5.75 Å². The molecule has 6 rings (SSSR count). The zero-order valence-electron chi connectivity index (χ0n) is 30.9. The van der Waals surface area contributed by atoms with Crippen molar-refractivity contribution in [3.63, 3.8) is 0 Å². The van der Waals surface area contributed by atoms with E-state index in [9.17, 15) is 22.5 Å². The van der Waals surface area contributed by atoms with Crippen molar-refractivity contribution < 1.29 is 46.7 Å². The first kappa shape index (κ1) is 40.2. The van der Waals surface area contributed by atoms with E-state index in [0.717, 1.165) is 16.7 Å². The third kappa shape index (κ3) is 9.49. The number of hydrogen-bond donors (Lipinski definition) is 1. The molecule has 0 bridgehead atoms. The molecule has 0 spiro atoms. The number of amides is 1. The van der Waals surface area contributed by atoms with Crippen molar-refractivity contribution >= 4 is 19.4 Å². The van der Waals surface area contributed by atoms with Crippen molar-refractivity contribution in [2.75, 3.05) is 18.7 Å². The van der Waals surface area contributed by atoms with Crippen LogP contribution in [-0.2, 0) is 44.4 Å². The van der Waals surface area contributed by atoms with E-state index in [-0.39, 0.29) is 38.5 Å². The van der Waals surface area contributed by atoms with Gasteiger partial charge in [0.2, 0.25) is 0 Å². The molecule has 56 heavy (non-hydrogen) atoms. The number of aryl methyl sites for hydroxylation is 1. The maximum Gasteiger partial charge on any atom is 0.478 e. The summed E-state index contributed by atoms with van der Waals surface area (Å²) < 4.78 is 93.9. The Morgan fingerprint density at radius 2 is 1.41 bits per heavy atom. The van der Waals surface area contributed by atoms with Crippen LogP contribution in [0.4, 0.5) is 23.2 Å². The van der Waals surface area contributed by atoms with Crippen LogP contribution < -0.4 is 15.0 Å². The Morgan fingerprint density at radius 1 is 0.821 bits per heavy atom. The standard InChI is InChI=1S/C42H40F4N3O6P.H2/c1-27-17-34(52-26-55-56(51,53-24-30-11-7-5-8-12-30)54-25-31-13-9-6-10-14-31)21-40(46)37(27)23-49-29(3)48(4)28(2)35-16-15-32(18-41(35)49)42(50)47-22-36-38(44)19-33(43)20-39(36)45;/h5-21,28H,3,22-26H2,1-2,4H3,(H,47,50);1H/t28-;/m0./s1. The van der Waals surface area contributed by atoms with E-state index in [4.69, 9.17) is 18.3 Å². The zero-order chi connectivity index (χ0) is 40.0. The summed E-state index contributed by atoms with van der Waals surface area (Å²) in [6.45, 7) is 6.75. The number of nitrogens with one attached hydrogen (secondary N) is 1. The van der Waals surface area contributed by atoms with Gasteiger partial charge in [0.25, 0.3) is 5.91 Å². The largest absolute Gasteiger partial charge is 0.478 e. The summed E-state index contributed by atoms with van der Waals surface area (Å²) in [6, 6.07) is 26.9. The van der Waals surface area contributed by atoms with Crippen molar-refractivity contribution in [3.05, 3.63) is 178 Å². The Hall–Kier alpha value is -5.46. The molecule has 1 aliphatic rings. The Morgan fingerprint density at radius 3 is 2.00 bits per heavy atom. The number of benzene rings is 5. The van der Waals surface area contributed by atoms with E-state index in [2.05, 4.69) is 11.9 Å². The van der Waals surface area contributed by atoms with Gasteiger partial charge in [0.1, 0.15) is 34.8 Å². The van der Waals surface area contributed by atoms with E-state index < -0.39 is 55.9 Å². The van der Waals surface area contributed by atoms with Crippen molar-refractivity contribution in [2.24, 2.45) is 0 Å². The predicted molar refractivity (Wildman–Crippen MR) is 205 cm³/mol. The SMILES string of the molecule is C=C1N(Cc2c(C)cc(OCOP(=O)(OCc3ccccc3)OCc3ccccc3)cc2F)c2cc(C(=O)NCc3c(F)cc(F)cc3F)ccc2[C@H](C)N1C.[HH]. The fraction of sp³-hybridized carbons (Fsp3) is 0.214. The van der Waals surface area contributed by atoms with Crippen LogP contribution >= 0.6 is 7.82 Å². The van der Waals surface area contributed by atoms with Gasteiger partial charge in [-0.05, 0) is 54.3 Å². The molecule has 0 aromatic heterocycles. The van der Waals surface area contributed by atoms with Gasteiger partial charge in [-0.3, -0.25) is 13.8 Å². The van der Waals surface area contributed by atoms with E-state index in [0.29, 0.717) is 34.8 Å². The van der Waals surface area contributed by atoms with Gasteiger partial charge in [0.05, 0.1) is 25.8 Å². The van der Waals surface area contributed by atoms with E-state index in [1.54, 1.807) is 36.1 Å². The number of phosphoric acid groups is 1. The van der Waals surface area contributed by atoms with Crippen LogP contribution in [0, 0.1) is 30.2 Å². The highest BCUT2D eigenvalue weighted by Crippen LogP contribution is 2.51. The number of carbonyl (C=O) groups excluding carboxylic acids is 1. The summed E-state index contributed by atoms with van der Waals surface area (Å²) >= 11 is 0. The summed E-state index contributed by atoms with van der Waals surface area (Å²) in [6.07, 6.45) is 0. The average molecular weight is 792 g/mol. The molecule has 9 nitrogen and oxygen atoms in total. The lowest BCUT2D eigenvalue weighted by molar-refractivity contribution is 0.0442. The molecular formula is C42H42F4N3O6P. The van der Waals surface area contributed by atoms with Gasteiger partial charge >= 0.3 is 7.82 Å². The molecule has 0 fully saturated rings. The number of rotatable bonds is 15. The number of anilines is 1.